The van der Waals surface area contributed by atoms with Gasteiger partial charge < -0.3 is 0 Å². The zero-order chi connectivity index (χ0) is 5.91. The molecule has 0 atom stereocenters. The second-order valence-corrected chi connectivity index (χ2v) is 2.58. The van der Waals surface area contributed by atoms with Crippen molar-refractivity contribution in [3.05, 3.63) is 0 Å². The number of hydrogen-bond acceptors (Lipinski definition) is 3. The fourth-order valence-electron chi connectivity index (χ4n) is 0.0874. The molecule has 0 aliphatic heterocycles. The quantitative estimate of drug-likeness (QED) is 0.364. The van der Waals surface area contributed by atoms with E-state index >= 15 is 0 Å². The largest absolute Gasteiger partial charge is 0.266 e. The second kappa shape index (κ2) is 2.25. The van der Waals surface area contributed by atoms with Gasteiger partial charge in [-0.3, -0.25) is 0 Å². The molecule has 0 bridgehead atoms. The van der Waals surface area contributed by atoms with E-state index in [1.165, 1.54) is 0 Å². The summed E-state index contributed by atoms with van der Waals surface area (Å²) in [4.78, 5) is 0. The topological polar surface area (TPSA) is 63.3 Å². The van der Waals surface area contributed by atoms with Gasteiger partial charge in [-0.1, -0.05) is 0 Å². The maximum absolute atomic E-state index is 9.81. The molecule has 0 aliphatic rings. The summed E-state index contributed by atoms with van der Waals surface area (Å²) in [6.07, 6.45) is 0.824. The lowest BCUT2D eigenvalue weighted by atomic mass is 11.6. The monoisotopic (exact) mass is 125 g/mol. The van der Waals surface area contributed by atoms with E-state index < -0.39 is 16.9 Å². The van der Waals surface area contributed by atoms with Crippen LogP contribution in [0.15, 0.2) is 0 Å². The van der Waals surface area contributed by atoms with Gasteiger partial charge in [0.05, 0.1) is 6.26 Å². The van der Waals surface area contributed by atoms with Crippen LogP contribution < -0.4 is 0 Å². The fourth-order valence-corrected chi connectivity index (χ4v) is 0.262. The van der Waals surface area contributed by atoms with Crippen molar-refractivity contribution < 1.29 is 17.7 Å². The first-order valence-corrected chi connectivity index (χ1v) is 3.30. The van der Waals surface area contributed by atoms with E-state index in [1.807, 2.05) is 0 Å². The van der Waals surface area contributed by atoms with E-state index in [0.717, 1.165) is 6.26 Å². The van der Waals surface area contributed by atoms with Crippen LogP contribution in [-0.2, 0) is 19.4 Å². The molecule has 0 aromatic rings. The van der Waals surface area contributed by atoms with Gasteiger partial charge in [-0.2, -0.15) is 8.42 Å². The van der Waals surface area contributed by atoms with E-state index in [2.05, 4.69) is 4.18 Å². The van der Waals surface area contributed by atoms with Crippen LogP contribution in [0.1, 0.15) is 0 Å². The van der Waals surface area contributed by atoms with E-state index in [4.69, 9.17) is 0 Å². The van der Waals surface area contributed by atoms with Crippen LogP contribution in [0.5, 0.6) is 0 Å². The lowest BCUT2D eigenvalue weighted by molar-refractivity contribution is 0.0435. The smallest absolute Gasteiger partial charge is 0.238 e. The van der Waals surface area contributed by atoms with Crippen LogP contribution in [-0.4, -0.2) is 21.5 Å². The highest BCUT2D eigenvalue weighted by molar-refractivity contribution is 7.85. The second-order valence-electron chi connectivity index (χ2n) is 0.940. The van der Waals surface area contributed by atoms with Crippen LogP contribution in [0.4, 0.5) is 0 Å². The molecule has 0 saturated heterocycles. The van der Waals surface area contributed by atoms with Crippen molar-refractivity contribution in [2.75, 3.05) is 13.0 Å². The van der Waals surface area contributed by atoms with Gasteiger partial charge in [0.15, 0.2) is 6.79 Å². The summed E-state index contributed by atoms with van der Waals surface area (Å²) in [6, 6.07) is 0. The molecule has 0 spiro atoms. The van der Waals surface area contributed by atoms with Crippen molar-refractivity contribution in [3.8, 4) is 0 Å². The van der Waals surface area contributed by atoms with E-state index in [1.54, 1.807) is 0 Å². The van der Waals surface area contributed by atoms with Crippen molar-refractivity contribution in [1.82, 2.24) is 0 Å². The van der Waals surface area contributed by atoms with Gasteiger partial charge in [0, 0.05) is 0 Å². The highest BCUT2D eigenvalue weighted by Gasteiger charge is 1.96. The molecule has 0 aromatic carbocycles. The van der Waals surface area contributed by atoms with Crippen LogP contribution in [0.2, 0.25) is 0 Å². The van der Waals surface area contributed by atoms with Gasteiger partial charge in [-0.25, -0.2) is 9.29 Å². The zero-order valence-corrected chi connectivity index (χ0v) is 4.56. The van der Waals surface area contributed by atoms with Crippen molar-refractivity contribution in [1.29, 1.82) is 0 Å². The molecule has 7 heavy (non-hydrogen) atoms. The summed E-state index contributed by atoms with van der Waals surface area (Å²) in [7, 11) is -3.49. The number of hydrogen-bond donors (Lipinski definition) is 0. The third kappa shape index (κ3) is 5.87. The van der Waals surface area contributed by atoms with Gasteiger partial charge in [-0.05, 0) is 0 Å². The molecule has 0 unspecified atom stereocenters. The standard InChI is InChI=1S/C2H5O4S/c1-7(4,5)6-2-3/h2H2,1H3. The first-order chi connectivity index (χ1) is 3.06. The minimum Gasteiger partial charge on any atom is -0.238 e. The number of rotatable bonds is 2. The van der Waals surface area contributed by atoms with Crippen molar-refractivity contribution in [2.24, 2.45) is 0 Å². The molecule has 1 radical (unpaired) electrons. The Morgan fingerprint density at radius 1 is 1.57 bits per heavy atom. The first-order valence-electron chi connectivity index (χ1n) is 1.49. The summed E-state index contributed by atoms with van der Waals surface area (Å²) in [5.74, 6) is 0. The predicted octanol–water partition coefficient (Wildman–Crippen LogP) is -0.649. The summed E-state index contributed by atoms with van der Waals surface area (Å²) < 4.78 is 23.3. The van der Waals surface area contributed by atoms with Gasteiger partial charge in [0.1, 0.15) is 0 Å². The average molecular weight is 125 g/mol. The first kappa shape index (κ1) is 6.87. The minimum absolute atomic E-state index is 0.824. The molecule has 0 fully saturated rings. The fraction of sp³-hybridized carbons (Fsp3) is 1.00. The molecule has 0 aliphatic carbocycles. The van der Waals surface area contributed by atoms with E-state index in [9.17, 15) is 13.5 Å². The van der Waals surface area contributed by atoms with Crippen LogP contribution in [0.3, 0.4) is 0 Å². The summed E-state index contributed by atoms with van der Waals surface area (Å²) in [6.45, 7) is -1.03. The normalized spacial score (nSPS) is 11.7. The molecular formula is C2H5O4S. The van der Waals surface area contributed by atoms with Crippen LogP contribution >= 0.6 is 0 Å². The van der Waals surface area contributed by atoms with Crippen molar-refractivity contribution in [3.63, 3.8) is 0 Å². The molecule has 5 heteroatoms. The molecule has 0 aromatic heterocycles. The van der Waals surface area contributed by atoms with Gasteiger partial charge in [0.25, 0.3) is 10.1 Å². The third-order valence-electron chi connectivity index (χ3n) is 0.262. The Labute approximate surface area is 41.8 Å². The van der Waals surface area contributed by atoms with Crippen LogP contribution in [0, 0.1) is 0 Å². The lowest BCUT2D eigenvalue weighted by Gasteiger charge is -1.88. The molecule has 0 N–H and O–H groups in total. The lowest BCUT2D eigenvalue weighted by Crippen LogP contribution is -2.01. The Kier molecular flexibility index (Phi) is 2.21. The van der Waals surface area contributed by atoms with Crippen molar-refractivity contribution >= 4 is 10.1 Å². The van der Waals surface area contributed by atoms with E-state index in [0.29, 0.717) is 0 Å². The Morgan fingerprint density at radius 3 is 2.00 bits per heavy atom. The Balaban J connectivity index is 3.60. The van der Waals surface area contributed by atoms with Gasteiger partial charge >= 0.3 is 0 Å². The summed E-state index contributed by atoms with van der Waals surface area (Å²) in [5, 5.41) is 9.34. The maximum Gasteiger partial charge on any atom is 0.266 e. The maximum atomic E-state index is 9.81. The Hall–Kier alpha value is -0.130. The molecular weight excluding hydrogens is 120 g/mol. The molecule has 4 nitrogen and oxygen atoms in total. The third-order valence-corrected chi connectivity index (χ3v) is 0.787. The zero-order valence-electron chi connectivity index (χ0n) is 3.75. The Bertz CT molecular complexity index is 123. The highest BCUT2D eigenvalue weighted by Crippen LogP contribution is 1.80. The SMILES string of the molecule is CS(=O)(=O)OC[O]. The molecule has 43 valence electrons. The van der Waals surface area contributed by atoms with Gasteiger partial charge in [0.2, 0.25) is 0 Å². The van der Waals surface area contributed by atoms with E-state index in [-0.39, 0.29) is 0 Å². The van der Waals surface area contributed by atoms with Crippen LogP contribution in [0.25, 0.3) is 0 Å². The predicted molar refractivity (Wildman–Crippen MR) is 21.5 cm³/mol. The molecule has 0 amide bonds. The summed E-state index contributed by atoms with van der Waals surface area (Å²) >= 11 is 0. The van der Waals surface area contributed by atoms with Crippen molar-refractivity contribution in [2.45, 2.75) is 0 Å². The Morgan fingerprint density at radius 2 is 2.00 bits per heavy atom. The van der Waals surface area contributed by atoms with Gasteiger partial charge in [-0.15, -0.1) is 0 Å². The molecule has 0 rings (SSSR count). The minimum atomic E-state index is -3.49. The molecule has 0 saturated carbocycles. The highest BCUT2D eigenvalue weighted by atomic mass is 32.2. The average Bonchev–Trinajstić information content (AvgIpc) is 1.30. The summed E-state index contributed by atoms with van der Waals surface area (Å²) in [5.41, 5.74) is 0. The molecule has 0 heterocycles.